The molecule has 5 rings (SSSR count). The first-order valence-corrected chi connectivity index (χ1v) is 13.8. The minimum atomic E-state index is -2.66. The summed E-state index contributed by atoms with van der Waals surface area (Å²) in [5.74, 6) is 0.180. The molecule has 1 saturated carbocycles. The van der Waals surface area contributed by atoms with Crippen molar-refractivity contribution in [1.29, 1.82) is 0 Å². The Balaban J connectivity index is 1.46. The number of amides is 1. The van der Waals surface area contributed by atoms with E-state index in [4.69, 9.17) is 9.47 Å². The van der Waals surface area contributed by atoms with Crippen LogP contribution in [-0.2, 0) is 14.5 Å². The Hall–Kier alpha value is -3.09. The van der Waals surface area contributed by atoms with Crippen LogP contribution in [-0.4, -0.2) is 66.7 Å². The lowest BCUT2D eigenvalue weighted by atomic mass is 9.95. The number of aliphatic hydroxyl groups is 1. The van der Waals surface area contributed by atoms with Gasteiger partial charge in [0.2, 0.25) is 0 Å². The van der Waals surface area contributed by atoms with Crippen LogP contribution in [0.1, 0.15) is 41.6 Å². The van der Waals surface area contributed by atoms with E-state index in [0.29, 0.717) is 67.2 Å². The van der Waals surface area contributed by atoms with E-state index in [-0.39, 0.29) is 29.3 Å². The van der Waals surface area contributed by atoms with E-state index < -0.39 is 21.5 Å². The number of nitrogens with zero attached hydrogens (tertiary/aromatic N) is 4. The van der Waals surface area contributed by atoms with E-state index >= 15 is 0 Å². The zero-order chi connectivity index (χ0) is 25.3. The average Bonchev–Trinajstić information content (AvgIpc) is 3.20. The van der Waals surface area contributed by atoms with Gasteiger partial charge in [-0.15, -0.1) is 0 Å². The molecule has 1 aromatic carbocycles. The van der Waals surface area contributed by atoms with Crippen LogP contribution < -0.4 is 10.1 Å². The number of benzene rings is 1. The van der Waals surface area contributed by atoms with Crippen molar-refractivity contribution in [3.8, 4) is 5.75 Å². The Morgan fingerprint density at radius 1 is 1.28 bits per heavy atom. The zero-order valence-corrected chi connectivity index (χ0v) is 20.7. The first kappa shape index (κ1) is 24.6. The van der Waals surface area contributed by atoms with Gasteiger partial charge in [0.1, 0.15) is 23.4 Å². The standard InChI is InChI=1S/C24H28FN5O5S/c1-15-19(24(32)29-36(33)10-8-34-9-11-36)13-30-22(15)23(26-14-27-30)28-20-7-2-16(25)12-21(20)35-18-5-3-17(31)4-6-18/h2,7,12-14,17-18,31H,3-6,8-11H2,1H3,(H,26,27,28)/t17-,18-. The summed E-state index contributed by atoms with van der Waals surface area (Å²) in [4.78, 5) is 17.3. The van der Waals surface area contributed by atoms with Gasteiger partial charge < -0.3 is 19.9 Å². The molecule has 192 valence electrons. The SMILES string of the molecule is Cc1c(C(=O)N=S2(=O)CCOCC2)cn2ncnc(Nc3ccc(F)cc3O[C@H]3CC[C@H](O)CC3)c12. The molecule has 3 aromatic rings. The van der Waals surface area contributed by atoms with Crippen LogP contribution in [0.5, 0.6) is 5.75 Å². The van der Waals surface area contributed by atoms with Crippen molar-refractivity contribution in [2.45, 2.75) is 44.8 Å². The van der Waals surface area contributed by atoms with Gasteiger partial charge in [-0.3, -0.25) is 4.79 Å². The Morgan fingerprint density at radius 2 is 2.03 bits per heavy atom. The van der Waals surface area contributed by atoms with Crippen LogP contribution in [0.15, 0.2) is 35.1 Å². The highest BCUT2D eigenvalue weighted by Gasteiger charge is 2.24. The number of carbonyl (C=O) groups excluding carboxylic acids is 1. The van der Waals surface area contributed by atoms with Gasteiger partial charge in [0.05, 0.1) is 57.9 Å². The molecule has 2 aliphatic rings. The van der Waals surface area contributed by atoms with Gasteiger partial charge in [0, 0.05) is 12.3 Å². The second-order valence-electron chi connectivity index (χ2n) is 9.07. The highest BCUT2D eigenvalue weighted by atomic mass is 32.2. The maximum atomic E-state index is 14.1. The summed E-state index contributed by atoms with van der Waals surface area (Å²) >= 11 is 0. The number of rotatable bonds is 5. The third kappa shape index (κ3) is 5.20. The summed E-state index contributed by atoms with van der Waals surface area (Å²) in [6.07, 6.45) is 5.06. The number of aryl methyl sites for hydroxylation is 1. The molecule has 0 atom stereocenters. The van der Waals surface area contributed by atoms with Gasteiger partial charge >= 0.3 is 0 Å². The molecule has 36 heavy (non-hydrogen) atoms. The fourth-order valence-electron chi connectivity index (χ4n) is 4.51. The van der Waals surface area contributed by atoms with Crippen molar-refractivity contribution in [3.63, 3.8) is 0 Å². The van der Waals surface area contributed by atoms with Gasteiger partial charge in [-0.2, -0.15) is 9.46 Å². The summed E-state index contributed by atoms with van der Waals surface area (Å²) in [5, 5.41) is 17.2. The number of carbonyl (C=O) groups is 1. The van der Waals surface area contributed by atoms with E-state index in [1.807, 2.05) is 0 Å². The normalized spacial score (nSPS) is 21.8. The lowest BCUT2D eigenvalue weighted by molar-refractivity contribution is 0.0668. The number of halogens is 1. The number of aromatic nitrogens is 3. The van der Waals surface area contributed by atoms with Crippen molar-refractivity contribution in [1.82, 2.24) is 14.6 Å². The van der Waals surface area contributed by atoms with Crippen molar-refractivity contribution in [3.05, 3.63) is 47.7 Å². The third-order valence-corrected chi connectivity index (χ3v) is 8.64. The minimum absolute atomic E-state index is 0.130. The molecule has 0 radical (unpaired) electrons. The molecule has 2 fully saturated rings. The molecular weight excluding hydrogens is 489 g/mol. The summed E-state index contributed by atoms with van der Waals surface area (Å²) in [6.45, 7) is 2.38. The Labute approximate surface area is 208 Å². The summed E-state index contributed by atoms with van der Waals surface area (Å²) in [6, 6.07) is 4.20. The van der Waals surface area contributed by atoms with E-state index in [1.54, 1.807) is 19.2 Å². The molecule has 1 aliphatic carbocycles. The van der Waals surface area contributed by atoms with Crippen molar-refractivity contribution in [2.24, 2.45) is 4.36 Å². The molecule has 1 aliphatic heterocycles. The molecule has 1 saturated heterocycles. The molecule has 2 N–H and O–H groups in total. The summed E-state index contributed by atoms with van der Waals surface area (Å²) in [7, 11) is -2.66. The molecule has 2 aromatic heterocycles. The van der Waals surface area contributed by atoms with E-state index in [0.717, 1.165) is 0 Å². The third-order valence-electron chi connectivity index (χ3n) is 6.53. The van der Waals surface area contributed by atoms with Crippen molar-refractivity contribution in [2.75, 3.05) is 30.0 Å². The molecular formula is C24H28FN5O5S. The van der Waals surface area contributed by atoms with Crippen LogP contribution in [0.4, 0.5) is 15.9 Å². The van der Waals surface area contributed by atoms with Gasteiger partial charge in [0.15, 0.2) is 5.82 Å². The molecule has 12 heteroatoms. The zero-order valence-electron chi connectivity index (χ0n) is 19.9. The monoisotopic (exact) mass is 517 g/mol. The number of ether oxygens (including phenoxy) is 2. The van der Waals surface area contributed by atoms with Gasteiger partial charge in [-0.1, -0.05) is 0 Å². The first-order valence-electron chi connectivity index (χ1n) is 11.9. The number of aliphatic hydroxyl groups excluding tert-OH is 1. The van der Waals surface area contributed by atoms with Gasteiger partial charge in [0.25, 0.3) is 5.91 Å². The van der Waals surface area contributed by atoms with Gasteiger partial charge in [-0.05, 0) is 50.3 Å². The average molecular weight is 518 g/mol. The summed E-state index contributed by atoms with van der Waals surface area (Å²) < 4.78 is 43.9. The van der Waals surface area contributed by atoms with Crippen molar-refractivity contribution < 1.29 is 28.0 Å². The lowest BCUT2D eigenvalue weighted by Crippen LogP contribution is -2.26. The lowest BCUT2D eigenvalue weighted by Gasteiger charge is -2.27. The number of nitrogens with one attached hydrogen (secondary N) is 1. The highest BCUT2D eigenvalue weighted by molar-refractivity contribution is 7.94. The van der Waals surface area contributed by atoms with Crippen LogP contribution >= 0.6 is 0 Å². The van der Waals surface area contributed by atoms with E-state index in [2.05, 4.69) is 19.8 Å². The Morgan fingerprint density at radius 3 is 2.78 bits per heavy atom. The smallest absolute Gasteiger partial charge is 0.287 e. The van der Waals surface area contributed by atoms with E-state index in [1.165, 1.54) is 23.0 Å². The fourth-order valence-corrected chi connectivity index (χ4v) is 6.05. The molecule has 0 bridgehead atoms. The predicted molar refractivity (Wildman–Crippen MR) is 132 cm³/mol. The van der Waals surface area contributed by atoms with Crippen molar-refractivity contribution >= 4 is 32.7 Å². The highest BCUT2D eigenvalue weighted by Crippen LogP contribution is 2.34. The molecule has 3 heterocycles. The Kier molecular flexibility index (Phi) is 6.91. The van der Waals surface area contributed by atoms with Crippen LogP contribution in [0.25, 0.3) is 5.52 Å². The van der Waals surface area contributed by atoms with Crippen LogP contribution in [0.3, 0.4) is 0 Å². The second kappa shape index (κ2) is 10.1. The summed E-state index contributed by atoms with van der Waals surface area (Å²) in [5.41, 5.74) is 1.90. The quantitative estimate of drug-likeness (QED) is 0.528. The fraction of sp³-hybridized carbons (Fsp3) is 0.458. The minimum Gasteiger partial charge on any atom is -0.488 e. The van der Waals surface area contributed by atoms with Crippen LogP contribution in [0.2, 0.25) is 0 Å². The molecule has 0 spiro atoms. The Bertz CT molecular complexity index is 1400. The number of fused-ring (bicyclic) bond motifs is 1. The number of anilines is 2. The van der Waals surface area contributed by atoms with Crippen LogP contribution in [0, 0.1) is 12.7 Å². The number of hydrogen-bond donors (Lipinski definition) is 2. The molecule has 0 unspecified atom stereocenters. The molecule has 10 nitrogen and oxygen atoms in total. The maximum absolute atomic E-state index is 14.1. The first-order chi connectivity index (χ1) is 17.3. The second-order valence-corrected chi connectivity index (χ2v) is 11.6. The van der Waals surface area contributed by atoms with Gasteiger partial charge in [-0.25, -0.2) is 18.1 Å². The molecule has 1 amide bonds. The topological polar surface area (TPSA) is 127 Å². The van der Waals surface area contributed by atoms with E-state index in [9.17, 15) is 18.5 Å². The number of hydrogen-bond acceptors (Lipinski definition) is 8. The predicted octanol–water partition coefficient (Wildman–Crippen LogP) is 3.24. The maximum Gasteiger partial charge on any atom is 0.287 e. The largest absolute Gasteiger partial charge is 0.488 e.